The minimum atomic E-state index is -0.308. The molecule has 9 nitrogen and oxygen atoms in total. The van der Waals surface area contributed by atoms with E-state index in [-0.39, 0.29) is 23.6 Å². The van der Waals surface area contributed by atoms with Gasteiger partial charge in [-0.3, -0.25) is 29.0 Å². The summed E-state index contributed by atoms with van der Waals surface area (Å²) in [6.45, 7) is 4.78. The highest BCUT2D eigenvalue weighted by molar-refractivity contribution is 6.43. The van der Waals surface area contributed by atoms with E-state index in [1.54, 1.807) is 0 Å². The van der Waals surface area contributed by atoms with Crippen LogP contribution in [0.2, 0.25) is 0 Å². The number of carbonyl (C=O) groups excluding carboxylic acids is 4. The number of amides is 4. The van der Waals surface area contributed by atoms with E-state index in [1.807, 2.05) is 66.7 Å². The summed E-state index contributed by atoms with van der Waals surface area (Å²) in [6.07, 6.45) is 3.08. The van der Waals surface area contributed by atoms with E-state index in [9.17, 15) is 19.2 Å². The van der Waals surface area contributed by atoms with Crippen LogP contribution >= 0.6 is 0 Å². The maximum Gasteiger partial charge on any atom is 0.261 e. The predicted molar refractivity (Wildman–Crippen MR) is 337 cm³/mol. The lowest BCUT2D eigenvalue weighted by molar-refractivity contribution is 0.0593. The minimum absolute atomic E-state index is 0.290. The zero-order valence-corrected chi connectivity index (χ0v) is 46.0. The number of hydrogen-bond acceptors (Lipinski definition) is 6. The average molecular weight is 1080 g/mol. The SMILES string of the molecule is CCCCN1C(=O)c2ccc3c4ccc5c6c(cc(-c7ccc(-n8c9ccc(N(c%10ccccc%10)c%10ccccc%10)cc9c9cc(N(c%10ccccc%10)c%10ccccc%10)ccc98)cc7)c(c7ccc(c2c37)C1=O)c64)C(=O)N(CCCC)C5=O. The first-order valence-corrected chi connectivity index (χ1v) is 28.8. The van der Waals surface area contributed by atoms with E-state index in [4.69, 9.17) is 0 Å². The van der Waals surface area contributed by atoms with Crippen molar-refractivity contribution in [3.8, 4) is 16.8 Å². The summed E-state index contributed by atoms with van der Waals surface area (Å²) in [7, 11) is 0. The quantitative estimate of drug-likeness (QED) is 0.0613. The van der Waals surface area contributed by atoms with Crippen LogP contribution in [0.4, 0.5) is 34.1 Å². The zero-order chi connectivity index (χ0) is 56.0. The molecule has 15 rings (SSSR count). The number of anilines is 6. The Hall–Kier alpha value is -10.4. The number of benzene rings is 12. The van der Waals surface area contributed by atoms with Gasteiger partial charge in [0, 0.05) is 96.7 Å². The Morgan fingerprint density at radius 2 is 0.711 bits per heavy atom. The van der Waals surface area contributed by atoms with Gasteiger partial charge in [-0.05, 0) is 178 Å². The molecule has 0 saturated heterocycles. The van der Waals surface area contributed by atoms with Gasteiger partial charge in [0.15, 0.2) is 0 Å². The summed E-state index contributed by atoms with van der Waals surface area (Å²) in [6, 6.07) is 77.5. The van der Waals surface area contributed by atoms with Crippen LogP contribution in [-0.2, 0) is 0 Å². The largest absolute Gasteiger partial charge is 0.310 e. The third-order valence-electron chi connectivity index (χ3n) is 17.1. The standard InChI is InChI=1S/C74H55N5O4/c1-3-5-41-75-71(80)57-36-33-54-55-34-37-59-69-63(74(83)76(73(59)82)42-6-4-2)45-60(67(70(55)69)56-35-38-58(72(75)81)68(57)66(54)56)46-27-29-51(30-28-46)79-64-39-31-52(77(47-19-11-7-12-20-47)48-21-13-8-14-22-48)43-61(64)62-44-53(32-40-65(62)79)78(49-23-15-9-16-24-49)50-25-17-10-18-26-50/h7-40,43-45H,3-6,41-42H2,1-2H3. The van der Waals surface area contributed by atoms with Gasteiger partial charge in [0.2, 0.25) is 0 Å². The molecule has 1 aromatic heterocycles. The van der Waals surface area contributed by atoms with Crippen LogP contribution in [0.5, 0.6) is 0 Å². The van der Waals surface area contributed by atoms with Crippen LogP contribution < -0.4 is 9.80 Å². The molecular formula is C74H55N5O4. The van der Waals surface area contributed by atoms with Crippen LogP contribution in [0.25, 0.3) is 81.7 Å². The Kier molecular flexibility index (Phi) is 11.8. The Labute approximate surface area is 479 Å². The van der Waals surface area contributed by atoms with E-state index in [1.165, 1.54) is 9.80 Å². The van der Waals surface area contributed by atoms with Gasteiger partial charge in [-0.15, -0.1) is 0 Å². The molecular weight excluding hydrogens is 1020 g/mol. The van der Waals surface area contributed by atoms with Crippen molar-refractivity contribution in [2.45, 2.75) is 39.5 Å². The molecule has 0 atom stereocenters. The van der Waals surface area contributed by atoms with E-state index in [2.05, 4.69) is 186 Å². The Morgan fingerprint density at radius 1 is 0.313 bits per heavy atom. The maximum atomic E-state index is 14.9. The third-order valence-corrected chi connectivity index (χ3v) is 17.1. The highest BCUT2D eigenvalue weighted by Crippen LogP contribution is 2.50. The van der Waals surface area contributed by atoms with E-state index < -0.39 is 0 Å². The van der Waals surface area contributed by atoms with Gasteiger partial charge in [-0.1, -0.05) is 130 Å². The average Bonchev–Trinajstić information content (AvgIpc) is 2.47. The number of rotatable bonds is 14. The van der Waals surface area contributed by atoms with Crippen LogP contribution in [0.15, 0.2) is 224 Å². The van der Waals surface area contributed by atoms with Gasteiger partial charge in [0.1, 0.15) is 0 Å². The van der Waals surface area contributed by atoms with Crippen LogP contribution in [0, 0.1) is 0 Å². The lowest BCUT2D eigenvalue weighted by Crippen LogP contribution is -2.41. The molecule has 0 unspecified atom stereocenters. The van der Waals surface area contributed by atoms with Gasteiger partial charge >= 0.3 is 0 Å². The molecule has 12 aromatic carbocycles. The highest BCUT2D eigenvalue weighted by atomic mass is 16.2. The first-order chi connectivity index (χ1) is 40.8. The Bertz CT molecular complexity index is 4550. The first-order valence-electron chi connectivity index (χ1n) is 28.8. The lowest BCUT2D eigenvalue weighted by Gasteiger charge is -2.31. The molecule has 0 radical (unpaired) electrons. The molecule has 2 aliphatic heterocycles. The molecule has 0 fully saturated rings. The molecule has 0 N–H and O–H groups in total. The smallest absolute Gasteiger partial charge is 0.261 e. The summed E-state index contributed by atoms with van der Waals surface area (Å²) < 4.78 is 2.34. The summed E-state index contributed by atoms with van der Waals surface area (Å²) in [5.74, 6) is -1.18. The normalized spacial score (nSPS) is 13.3. The number of para-hydroxylation sites is 4. The van der Waals surface area contributed by atoms with Crippen molar-refractivity contribution in [2.75, 3.05) is 22.9 Å². The fourth-order valence-electron chi connectivity index (χ4n) is 13.3. The second-order valence-corrected chi connectivity index (χ2v) is 21.9. The van der Waals surface area contributed by atoms with Crippen molar-refractivity contribution in [3.63, 3.8) is 0 Å². The molecule has 0 saturated carbocycles. The number of aromatic nitrogens is 1. The topological polar surface area (TPSA) is 86.2 Å². The fraction of sp³-hybridized carbons (Fsp3) is 0.108. The van der Waals surface area contributed by atoms with Gasteiger partial charge in [0.05, 0.1) is 11.0 Å². The summed E-state index contributed by atoms with van der Waals surface area (Å²) in [5.41, 5.74) is 12.9. The van der Waals surface area contributed by atoms with Gasteiger partial charge in [-0.25, -0.2) is 0 Å². The van der Waals surface area contributed by atoms with Crippen molar-refractivity contribution in [3.05, 3.63) is 247 Å². The third kappa shape index (κ3) is 7.68. The number of nitrogens with zero attached hydrogens (tertiary/aromatic N) is 5. The number of unbranched alkanes of at least 4 members (excludes halogenated alkanes) is 2. The first kappa shape index (κ1) is 49.6. The number of imide groups is 2. The number of hydrogen-bond donors (Lipinski definition) is 0. The van der Waals surface area contributed by atoms with Crippen LogP contribution in [-0.4, -0.2) is 51.1 Å². The molecule has 3 heterocycles. The molecule has 2 aliphatic rings. The summed E-state index contributed by atoms with van der Waals surface area (Å²) >= 11 is 0. The molecule has 400 valence electrons. The van der Waals surface area contributed by atoms with Gasteiger partial charge in [-0.2, -0.15) is 0 Å². The van der Waals surface area contributed by atoms with E-state index >= 15 is 0 Å². The fourth-order valence-corrected chi connectivity index (χ4v) is 13.3. The lowest BCUT2D eigenvalue weighted by atomic mass is 9.79. The summed E-state index contributed by atoms with van der Waals surface area (Å²) in [5, 5.41) is 8.50. The Balaban J connectivity index is 0.955. The highest BCUT2D eigenvalue weighted by Gasteiger charge is 2.38. The van der Waals surface area contributed by atoms with Crippen LogP contribution in [0.3, 0.4) is 0 Å². The maximum absolute atomic E-state index is 14.9. The van der Waals surface area contributed by atoms with Gasteiger partial charge < -0.3 is 14.4 Å². The van der Waals surface area contributed by atoms with E-state index in [0.717, 1.165) is 118 Å². The van der Waals surface area contributed by atoms with Crippen molar-refractivity contribution in [1.29, 1.82) is 0 Å². The number of fused-ring (bicyclic) bond motifs is 5. The molecule has 13 aromatic rings. The van der Waals surface area contributed by atoms with Crippen molar-refractivity contribution < 1.29 is 19.2 Å². The molecule has 0 aliphatic carbocycles. The second-order valence-electron chi connectivity index (χ2n) is 21.9. The van der Waals surface area contributed by atoms with E-state index in [0.29, 0.717) is 59.0 Å². The monoisotopic (exact) mass is 1080 g/mol. The predicted octanol–water partition coefficient (Wildman–Crippen LogP) is 18.2. The van der Waals surface area contributed by atoms with Gasteiger partial charge in [0.25, 0.3) is 23.6 Å². The molecule has 0 bridgehead atoms. The molecule has 4 amide bonds. The van der Waals surface area contributed by atoms with Crippen molar-refractivity contribution in [2.24, 2.45) is 0 Å². The molecule has 9 heteroatoms. The zero-order valence-electron chi connectivity index (χ0n) is 46.0. The Morgan fingerprint density at radius 3 is 1.14 bits per heavy atom. The minimum Gasteiger partial charge on any atom is -0.310 e. The summed E-state index contributed by atoms with van der Waals surface area (Å²) in [4.78, 5) is 65.4. The number of carbonyl (C=O) groups is 4. The van der Waals surface area contributed by atoms with Crippen molar-refractivity contribution in [1.82, 2.24) is 14.4 Å². The molecule has 0 spiro atoms. The molecule has 83 heavy (non-hydrogen) atoms. The van der Waals surface area contributed by atoms with Crippen molar-refractivity contribution >= 4 is 123 Å². The second kappa shape index (κ2) is 19.7. The van der Waals surface area contributed by atoms with Crippen LogP contribution in [0.1, 0.15) is 81.0 Å².